The molecule has 0 atom stereocenters. The molecule has 0 aliphatic heterocycles. The second-order valence-corrected chi connectivity index (χ2v) is 6.55. The van der Waals surface area contributed by atoms with E-state index in [0.29, 0.717) is 38.5 Å². The van der Waals surface area contributed by atoms with Gasteiger partial charge >= 0.3 is 0 Å². The van der Waals surface area contributed by atoms with Crippen LogP contribution in [-0.4, -0.2) is 31.7 Å². The number of carbonyl (C=O) groups is 2. The number of amides is 2. The van der Waals surface area contributed by atoms with E-state index in [1.165, 1.54) is 26.4 Å². The molecule has 2 aromatic carbocycles. The third-order valence-corrected chi connectivity index (χ3v) is 4.16. The Kier molecular flexibility index (Phi) is 7.66. The molecule has 0 saturated carbocycles. The fourth-order valence-electron chi connectivity index (χ4n) is 2.25. The number of rotatable bonds is 7. The molecule has 0 fully saturated rings. The predicted octanol–water partition coefficient (Wildman–Crippen LogP) is 4.15. The molecule has 2 N–H and O–H groups in total. The number of halogens is 2. The summed E-state index contributed by atoms with van der Waals surface area (Å²) in [5.41, 5.74) is 3.60. The molecule has 0 heterocycles. The zero-order chi connectivity index (χ0) is 20.7. The van der Waals surface area contributed by atoms with Crippen LogP contribution in [0.4, 0.5) is 5.69 Å². The molecule has 7 nitrogen and oxygen atoms in total. The molecule has 2 aromatic rings. The Bertz CT molecular complexity index is 916. The second-order valence-electron chi connectivity index (χ2n) is 5.71. The van der Waals surface area contributed by atoms with Crippen molar-refractivity contribution in [2.45, 2.75) is 13.3 Å². The first-order chi connectivity index (χ1) is 13.3. The Morgan fingerprint density at radius 1 is 1.04 bits per heavy atom. The van der Waals surface area contributed by atoms with Crippen LogP contribution < -0.4 is 20.2 Å². The number of hydrogen-bond acceptors (Lipinski definition) is 5. The van der Waals surface area contributed by atoms with Crippen LogP contribution >= 0.6 is 23.2 Å². The summed E-state index contributed by atoms with van der Waals surface area (Å²) in [5.74, 6) is 0.165. The summed E-state index contributed by atoms with van der Waals surface area (Å²) in [7, 11) is 2.99. The molecule has 0 saturated heterocycles. The van der Waals surface area contributed by atoms with Gasteiger partial charge in [-0.15, -0.1) is 0 Å². The molecular weight excluding hydrogens is 405 g/mol. The van der Waals surface area contributed by atoms with Gasteiger partial charge in [-0.05, 0) is 43.3 Å². The summed E-state index contributed by atoms with van der Waals surface area (Å²) in [5, 5.41) is 7.41. The van der Waals surface area contributed by atoms with Crippen molar-refractivity contribution in [1.29, 1.82) is 0 Å². The van der Waals surface area contributed by atoms with Gasteiger partial charge in [-0.3, -0.25) is 9.59 Å². The fourth-order valence-corrected chi connectivity index (χ4v) is 2.70. The summed E-state index contributed by atoms with van der Waals surface area (Å²) in [4.78, 5) is 24.3. The van der Waals surface area contributed by atoms with Crippen molar-refractivity contribution in [3.63, 3.8) is 0 Å². The molecule has 0 bridgehead atoms. The van der Waals surface area contributed by atoms with Gasteiger partial charge in [-0.25, -0.2) is 5.43 Å². The quantitative estimate of drug-likeness (QED) is 0.517. The van der Waals surface area contributed by atoms with Crippen LogP contribution in [0, 0.1) is 0 Å². The van der Waals surface area contributed by atoms with Crippen LogP contribution in [0.3, 0.4) is 0 Å². The highest BCUT2D eigenvalue weighted by atomic mass is 35.5. The molecule has 2 amide bonds. The van der Waals surface area contributed by atoms with Gasteiger partial charge in [0.25, 0.3) is 5.91 Å². The second kappa shape index (κ2) is 9.96. The van der Waals surface area contributed by atoms with E-state index in [1.807, 2.05) is 0 Å². The standard InChI is InChI=1S/C19H19Cl2N3O4/c1-11(8-18(25)22-15-6-5-13(20)10-14(15)21)23-24-19(26)12-4-7-16(27-2)17(9-12)28-3/h4-7,9-10H,8H2,1-3H3,(H,22,25)(H,24,26)/b23-11+. The summed E-state index contributed by atoms with van der Waals surface area (Å²) in [6.07, 6.45) is -0.0226. The molecule has 9 heteroatoms. The molecule has 0 spiro atoms. The normalized spacial score (nSPS) is 11.0. The van der Waals surface area contributed by atoms with Crippen molar-refractivity contribution in [1.82, 2.24) is 5.43 Å². The van der Waals surface area contributed by atoms with Crippen molar-refractivity contribution in [2.75, 3.05) is 19.5 Å². The van der Waals surface area contributed by atoms with E-state index >= 15 is 0 Å². The maximum absolute atomic E-state index is 12.2. The van der Waals surface area contributed by atoms with Crippen molar-refractivity contribution in [2.24, 2.45) is 5.10 Å². The van der Waals surface area contributed by atoms with E-state index in [4.69, 9.17) is 32.7 Å². The minimum atomic E-state index is -0.443. The average Bonchev–Trinajstić information content (AvgIpc) is 2.67. The lowest BCUT2D eigenvalue weighted by Crippen LogP contribution is -2.21. The highest BCUT2D eigenvalue weighted by Crippen LogP contribution is 2.27. The van der Waals surface area contributed by atoms with E-state index in [9.17, 15) is 9.59 Å². The van der Waals surface area contributed by atoms with Gasteiger partial charge in [0, 0.05) is 16.3 Å². The summed E-state index contributed by atoms with van der Waals surface area (Å²) < 4.78 is 10.3. The number of carbonyl (C=O) groups excluding carboxylic acids is 2. The molecule has 28 heavy (non-hydrogen) atoms. The Labute approximate surface area is 172 Å². The van der Waals surface area contributed by atoms with E-state index in [2.05, 4.69) is 15.8 Å². The first kappa shape index (κ1) is 21.5. The predicted molar refractivity (Wildman–Crippen MR) is 110 cm³/mol. The van der Waals surface area contributed by atoms with E-state index in [-0.39, 0.29) is 12.3 Å². The molecule has 0 aliphatic rings. The first-order valence-electron chi connectivity index (χ1n) is 8.14. The van der Waals surface area contributed by atoms with Crippen LogP contribution in [0.15, 0.2) is 41.5 Å². The minimum Gasteiger partial charge on any atom is -0.493 e. The molecule has 0 aromatic heterocycles. The number of hydrogen-bond donors (Lipinski definition) is 2. The zero-order valence-corrected chi connectivity index (χ0v) is 17.0. The number of methoxy groups -OCH3 is 2. The number of nitrogens with one attached hydrogen (secondary N) is 2. The fraction of sp³-hybridized carbons (Fsp3) is 0.211. The lowest BCUT2D eigenvalue weighted by atomic mass is 10.2. The maximum atomic E-state index is 12.2. The summed E-state index contributed by atoms with van der Waals surface area (Å²) >= 11 is 11.8. The van der Waals surface area contributed by atoms with Crippen LogP contribution in [0.1, 0.15) is 23.7 Å². The average molecular weight is 424 g/mol. The van der Waals surface area contributed by atoms with Crippen LogP contribution in [-0.2, 0) is 4.79 Å². The Morgan fingerprint density at radius 2 is 1.75 bits per heavy atom. The van der Waals surface area contributed by atoms with Crippen molar-refractivity contribution in [3.05, 3.63) is 52.0 Å². The van der Waals surface area contributed by atoms with Gasteiger partial charge in [0.1, 0.15) is 0 Å². The van der Waals surface area contributed by atoms with Gasteiger partial charge in [0.15, 0.2) is 11.5 Å². The molecule has 148 valence electrons. The summed E-state index contributed by atoms with van der Waals surface area (Å²) in [6, 6.07) is 9.49. The Morgan fingerprint density at radius 3 is 2.39 bits per heavy atom. The number of anilines is 1. The van der Waals surface area contributed by atoms with Crippen LogP contribution in [0.5, 0.6) is 11.5 Å². The van der Waals surface area contributed by atoms with Gasteiger partial charge in [0.05, 0.1) is 31.4 Å². The van der Waals surface area contributed by atoms with Gasteiger partial charge in [0.2, 0.25) is 5.91 Å². The van der Waals surface area contributed by atoms with Crippen molar-refractivity contribution >= 4 is 46.4 Å². The van der Waals surface area contributed by atoms with E-state index in [1.54, 1.807) is 31.2 Å². The largest absolute Gasteiger partial charge is 0.493 e. The lowest BCUT2D eigenvalue weighted by Gasteiger charge is -2.09. The minimum absolute atomic E-state index is 0.0226. The number of ether oxygens (including phenoxy) is 2. The van der Waals surface area contributed by atoms with Gasteiger partial charge < -0.3 is 14.8 Å². The number of nitrogens with zero attached hydrogens (tertiary/aromatic N) is 1. The maximum Gasteiger partial charge on any atom is 0.271 e. The smallest absolute Gasteiger partial charge is 0.271 e. The van der Waals surface area contributed by atoms with Crippen LogP contribution in [0.25, 0.3) is 0 Å². The van der Waals surface area contributed by atoms with Gasteiger partial charge in [-0.2, -0.15) is 5.10 Å². The molecule has 2 rings (SSSR count). The van der Waals surface area contributed by atoms with Gasteiger partial charge in [-0.1, -0.05) is 23.2 Å². The van der Waals surface area contributed by atoms with E-state index in [0.717, 1.165) is 0 Å². The monoisotopic (exact) mass is 423 g/mol. The molecule has 0 unspecified atom stereocenters. The Balaban J connectivity index is 1.96. The first-order valence-corrected chi connectivity index (χ1v) is 8.90. The van der Waals surface area contributed by atoms with Crippen molar-refractivity contribution in [3.8, 4) is 11.5 Å². The topological polar surface area (TPSA) is 89.0 Å². The molecule has 0 aliphatic carbocycles. The SMILES string of the molecule is COc1ccc(C(=O)N/N=C(\C)CC(=O)Nc2ccc(Cl)cc2Cl)cc1OC. The number of hydrazone groups is 1. The third kappa shape index (κ3) is 5.87. The van der Waals surface area contributed by atoms with Crippen molar-refractivity contribution < 1.29 is 19.1 Å². The van der Waals surface area contributed by atoms with Crippen LogP contribution in [0.2, 0.25) is 10.0 Å². The summed E-state index contributed by atoms with van der Waals surface area (Å²) in [6.45, 7) is 1.62. The highest BCUT2D eigenvalue weighted by molar-refractivity contribution is 6.36. The highest BCUT2D eigenvalue weighted by Gasteiger charge is 2.11. The lowest BCUT2D eigenvalue weighted by molar-refractivity contribution is -0.115. The number of benzene rings is 2. The zero-order valence-electron chi connectivity index (χ0n) is 15.5. The third-order valence-electron chi connectivity index (χ3n) is 3.62. The Hall–Kier alpha value is -2.77. The molecule has 0 radical (unpaired) electrons. The van der Waals surface area contributed by atoms with E-state index < -0.39 is 5.91 Å². The molecular formula is C19H19Cl2N3O4.